The zero-order valence-corrected chi connectivity index (χ0v) is 8.83. The van der Waals surface area contributed by atoms with E-state index in [1.165, 1.54) is 10.9 Å². The van der Waals surface area contributed by atoms with Crippen molar-refractivity contribution in [2.24, 2.45) is 5.73 Å². The molecule has 0 aliphatic heterocycles. The van der Waals surface area contributed by atoms with Crippen molar-refractivity contribution in [3.8, 4) is 0 Å². The van der Waals surface area contributed by atoms with E-state index in [1.54, 1.807) is 0 Å². The molecule has 0 amide bonds. The van der Waals surface area contributed by atoms with Crippen molar-refractivity contribution in [1.29, 1.82) is 0 Å². The van der Waals surface area contributed by atoms with Gasteiger partial charge in [-0.25, -0.2) is 0 Å². The van der Waals surface area contributed by atoms with Gasteiger partial charge in [0.2, 0.25) is 0 Å². The molecule has 0 saturated carbocycles. The molecular formula is C11H15ClN2. The summed E-state index contributed by atoms with van der Waals surface area (Å²) in [6, 6.07) is 10.6. The molecule has 0 aliphatic rings. The molecule has 0 fully saturated rings. The number of halogens is 1. The molecule has 0 atom stereocenters. The molecule has 0 bridgehead atoms. The van der Waals surface area contributed by atoms with Crippen LogP contribution in [0.2, 0.25) is 0 Å². The van der Waals surface area contributed by atoms with E-state index in [4.69, 9.17) is 5.73 Å². The van der Waals surface area contributed by atoms with Crippen LogP contribution in [0.3, 0.4) is 0 Å². The lowest BCUT2D eigenvalue weighted by atomic mass is 10.2. The van der Waals surface area contributed by atoms with Crippen molar-refractivity contribution in [2.45, 2.75) is 13.0 Å². The van der Waals surface area contributed by atoms with Crippen molar-refractivity contribution in [1.82, 2.24) is 4.57 Å². The third-order valence-electron chi connectivity index (χ3n) is 2.28. The second-order valence-corrected chi connectivity index (χ2v) is 3.21. The van der Waals surface area contributed by atoms with Gasteiger partial charge in [0.05, 0.1) is 0 Å². The summed E-state index contributed by atoms with van der Waals surface area (Å²) in [7, 11) is 0. The maximum Gasteiger partial charge on any atom is 0.0480 e. The first-order valence-corrected chi connectivity index (χ1v) is 4.66. The fraction of sp³-hybridized carbons (Fsp3) is 0.273. The molecule has 2 aromatic rings. The van der Waals surface area contributed by atoms with Gasteiger partial charge in [0.15, 0.2) is 0 Å². The lowest BCUT2D eigenvalue weighted by Crippen LogP contribution is -2.04. The number of rotatable bonds is 3. The van der Waals surface area contributed by atoms with E-state index in [9.17, 15) is 0 Å². The van der Waals surface area contributed by atoms with Crippen molar-refractivity contribution >= 4 is 23.3 Å². The predicted octanol–water partition coefficient (Wildman–Crippen LogP) is 2.41. The summed E-state index contributed by atoms with van der Waals surface area (Å²) in [5.41, 5.74) is 6.78. The normalized spacial score (nSPS) is 10.1. The molecule has 2 nitrogen and oxygen atoms in total. The quantitative estimate of drug-likeness (QED) is 0.829. The summed E-state index contributed by atoms with van der Waals surface area (Å²) in [5.74, 6) is 0. The van der Waals surface area contributed by atoms with Crippen LogP contribution in [-0.2, 0) is 6.54 Å². The maximum atomic E-state index is 5.48. The van der Waals surface area contributed by atoms with E-state index in [1.807, 2.05) is 0 Å². The monoisotopic (exact) mass is 210 g/mol. The molecule has 0 aliphatic carbocycles. The number of nitrogens with zero attached hydrogens (tertiary/aromatic N) is 1. The van der Waals surface area contributed by atoms with Crippen molar-refractivity contribution in [3.63, 3.8) is 0 Å². The number of fused-ring (bicyclic) bond motifs is 1. The molecule has 0 radical (unpaired) electrons. The highest BCUT2D eigenvalue weighted by molar-refractivity contribution is 5.85. The molecule has 1 aromatic heterocycles. The van der Waals surface area contributed by atoms with Gasteiger partial charge in [-0.05, 0) is 30.5 Å². The highest BCUT2D eigenvalue weighted by atomic mass is 35.5. The average molecular weight is 211 g/mol. The molecule has 76 valence electrons. The van der Waals surface area contributed by atoms with Crippen LogP contribution in [0.4, 0.5) is 0 Å². The molecule has 3 heteroatoms. The van der Waals surface area contributed by atoms with E-state index in [0.717, 1.165) is 19.5 Å². The number of nitrogens with two attached hydrogens (primary N) is 1. The number of hydrogen-bond donors (Lipinski definition) is 1. The molecule has 2 N–H and O–H groups in total. The Labute approximate surface area is 90.1 Å². The van der Waals surface area contributed by atoms with Crippen LogP contribution < -0.4 is 5.73 Å². The number of aryl methyl sites for hydroxylation is 1. The van der Waals surface area contributed by atoms with Crippen molar-refractivity contribution < 1.29 is 0 Å². The minimum Gasteiger partial charge on any atom is -0.347 e. The Bertz CT molecular complexity index is 395. The van der Waals surface area contributed by atoms with Crippen LogP contribution in [0.15, 0.2) is 36.5 Å². The fourth-order valence-corrected chi connectivity index (χ4v) is 1.60. The first-order chi connectivity index (χ1) is 6.42. The third kappa shape index (κ3) is 2.08. The molecule has 2 rings (SSSR count). The molecule has 1 heterocycles. The van der Waals surface area contributed by atoms with E-state index in [0.29, 0.717) is 0 Å². The van der Waals surface area contributed by atoms with Crippen LogP contribution in [0.1, 0.15) is 6.42 Å². The minimum absolute atomic E-state index is 0. The number of hydrogen-bond acceptors (Lipinski definition) is 1. The summed E-state index contributed by atoms with van der Waals surface area (Å²) in [6.07, 6.45) is 3.17. The Morgan fingerprint density at radius 2 is 1.93 bits per heavy atom. The molecule has 1 aromatic carbocycles. The van der Waals surface area contributed by atoms with Crippen molar-refractivity contribution in [2.75, 3.05) is 6.54 Å². The largest absolute Gasteiger partial charge is 0.347 e. The van der Waals surface area contributed by atoms with E-state index in [2.05, 4.69) is 41.1 Å². The summed E-state index contributed by atoms with van der Waals surface area (Å²) < 4.78 is 2.25. The fourth-order valence-electron chi connectivity index (χ4n) is 1.60. The van der Waals surface area contributed by atoms with E-state index < -0.39 is 0 Å². The summed E-state index contributed by atoms with van der Waals surface area (Å²) >= 11 is 0. The third-order valence-corrected chi connectivity index (χ3v) is 2.28. The van der Waals surface area contributed by atoms with Gasteiger partial charge >= 0.3 is 0 Å². The standard InChI is InChI=1S/C11H14N2.ClH/c12-7-3-8-13-9-6-10-4-1-2-5-11(10)13;/h1-2,4-6,9H,3,7-8,12H2;1H. The van der Waals surface area contributed by atoms with E-state index >= 15 is 0 Å². The zero-order chi connectivity index (χ0) is 9.10. The Morgan fingerprint density at radius 3 is 2.71 bits per heavy atom. The van der Waals surface area contributed by atoms with Gasteiger partial charge in [-0.1, -0.05) is 18.2 Å². The Hall–Kier alpha value is -0.990. The number of para-hydroxylation sites is 1. The van der Waals surface area contributed by atoms with E-state index in [-0.39, 0.29) is 12.4 Å². The Balaban J connectivity index is 0.000000980. The molecule has 0 unspecified atom stereocenters. The molecular weight excluding hydrogens is 196 g/mol. The minimum atomic E-state index is 0. The van der Waals surface area contributed by atoms with Gasteiger partial charge in [0.1, 0.15) is 0 Å². The van der Waals surface area contributed by atoms with Gasteiger partial charge < -0.3 is 10.3 Å². The Morgan fingerprint density at radius 1 is 1.14 bits per heavy atom. The van der Waals surface area contributed by atoms with Crippen molar-refractivity contribution in [3.05, 3.63) is 36.5 Å². The summed E-state index contributed by atoms with van der Waals surface area (Å²) in [6.45, 7) is 1.77. The lowest BCUT2D eigenvalue weighted by Gasteiger charge is -2.02. The first kappa shape index (κ1) is 11.1. The lowest BCUT2D eigenvalue weighted by molar-refractivity contribution is 0.671. The zero-order valence-electron chi connectivity index (χ0n) is 8.02. The highest BCUT2D eigenvalue weighted by Gasteiger charge is 1.97. The molecule has 0 saturated heterocycles. The Kier molecular flexibility index (Phi) is 3.98. The maximum absolute atomic E-state index is 5.48. The second kappa shape index (κ2) is 5.03. The predicted molar refractivity (Wildman–Crippen MR) is 62.9 cm³/mol. The van der Waals surface area contributed by atoms with Gasteiger partial charge in [0.25, 0.3) is 0 Å². The van der Waals surface area contributed by atoms with Crippen LogP contribution in [0, 0.1) is 0 Å². The van der Waals surface area contributed by atoms with Gasteiger partial charge in [-0.15, -0.1) is 12.4 Å². The van der Waals surface area contributed by atoms with Gasteiger partial charge in [-0.2, -0.15) is 0 Å². The summed E-state index contributed by atoms with van der Waals surface area (Å²) in [4.78, 5) is 0. The highest BCUT2D eigenvalue weighted by Crippen LogP contribution is 2.14. The average Bonchev–Trinajstić information content (AvgIpc) is 2.58. The van der Waals surface area contributed by atoms with Crippen LogP contribution in [0.25, 0.3) is 10.9 Å². The molecule has 0 spiro atoms. The van der Waals surface area contributed by atoms with Gasteiger partial charge in [-0.3, -0.25) is 0 Å². The number of benzene rings is 1. The van der Waals surface area contributed by atoms with Crippen LogP contribution >= 0.6 is 12.4 Å². The summed E-state index contributed by atoms with van der Waals surface area (Å²) in [5, 5.41) is 1.31. The van der Waals surface area contributed by atoms with Crippen LogP contribution in [-0.4, -0.2) is 11.1 Å². The molecule has 14 heavy (non-hydrogen) atoms. The second-order valence-electron chi connectivity index (χ2n) is 3.21. The first-order valence-electron chi connectivity index (χ1n) is 4.66. The SMILES string of the molecule is Cl.NCCCn1ccc2ccccc21. The van der Waals surface area contributed by atoms with Gasteiger partial charge in [0, 0.05) is 18.3 Å². The van der Waals surface area contributed by atoms with Crippen LogP contribution in [0.5, 0.6) is 0 Å². The smallest absolute Gasteiger partial charge is 0.0480 e. The number of aromatic nitrogens is 1. The topological polar surface area (TPSA) is 30.9 Å².